The molecule has 0 amide bonds. The fourth-order valence-corrected chi connectivity index (χ4v) is 2.14. The molecule has 0 aliphatic heterocycles. The van der Waals surface area contributed by atoms with Crippen LogP contribution in [0.2, 0.25) is 0 Å². The predicted octanol–water partition coefficient (Wildman–Crippen LogP) is 3.39. The summed E-state index contributed by atoms with van der Waals surface area (Å²) in [6.07, 6.45) is 1.88. The van der Waals surface area contributed by atoms with Crippen LogP contribution < -0.4 is 5.32 Å². The van der Waals surface area contributed by atoms with Gasteiger partial charge in [-0.15, -0.1) is 0 Å². The third-order valence-corrected chi connectivity index (χ3v) is 3.24. The molecule has 0 radical (unpaired) electrons. The molecule has 2 aromatic rings. The Morgan fingerprint density at radius 3 is 2.79 bits per heavy atom. The molecule has 1 N–H and O–H groups in total. The minimum absolute atomic E-state index is 0.184. The molecule has 0 spiro atoms. The molecule has 2 heterocycles. The smallest absolute Gasteiger partial charge is 0.284 e. The van der Waals surface area contributed by atoms with Gasteiger partial charge in [0.15, 0.2) is 0 Å². The lowest BCUT2D eigenvalue weighted by molar-refractivity contribution is 0.251. The summed E-state index contributed by atoms with van der Waals surface area (Å²) >= 11 is 0.557. The van der Waals surface area contributed by atoms with Crippen LogP contribution in [0.1, 0.15) is 17.2 Å². The molecule has 0 saturated heterocycles. The van der Waals surface area contributed by atoms with Crippen LogP contribution in [-0.2, 0) is 19.3 Å². The lowest BCUT2D eigenvalue weighted by Gasteiger charge is -2.02. The first kappa shape index (κ1) is 13.9. The van der Waals surface area contributed by atoms with E-state index in [-0.39, 0.29) is 5.75 Å². The first-order valence-corrected chi connectivity index (χ1v) is 6.81. The predicted molar refractivity (Wildman–Crippen MR) is 71.3 cm³/mol. The van der Waals surface area contributed by atoms with Gasteiger partial charge in [0.25, 0.3) is 5.76 Å². The maximum absolute atomic E-state index is 12.0. The van der Waals surface area contributed by atoms with E-state index in [0.717, 1.165) is 11.4 Å². The van der Waals surface area contributed by atoms with Crippen LogP contribution >= 0.6 is 11.8 Å². The number of hydrogen-bond acceptors (Lipinski definition) is 4. The van der Waals surface area contributed by atoms with E-state index in [9.17, 15) is 8.78 Å². The van der Waals surface area contributed by atoms with E-state index in [1.807, 2.05) is 20.2 Å². The van der Waals surface area contributed by atoms with Gasteiger partial charge in [-0.3, -0.25) is 4.68 Å². The van der Waals surface area contributed by atoms with Crippen LogP contribution in [0, 0.1) is 6.92 Å². The standard InChI is InChI=1S/C12H15F2N3OS/c1-8-11(6-17(2)16-8)15-5-9-3-4-10(18-9)7-19-12(13)14/h3-4,6,12,15H,5,7H2,1-2H3. The molecule has 104 valence electrons. The van der Waals surface area contributed by atoms with Crippen LogP contribution in [-0.4, -0.2) is 15.5 Å². The third-order valence-electron chi connectivity index (χ3n) is 2.54. The topological polar surface area (TPSA) is 43.0 Å². The van der Waals surface area contributed by atoms with Crippen molar-refractivity contribution in [2.75, 3.05) is 5.32 Å². The van der Waals surface area contributed by atoms with Crippen molar-refractivity contribution in [2.45, 2.75) is 25.0 Å². The van der Waals surface area contributed by atoms with Crippen molar-refractivity contribution in [3.8, 4) is 0 Å². The van der Waals surface area contributed by atoms with Crippen LogP contribution in [0.25, 0.3) is 0 Å². The second kappa shape index (κ2) is 6.10. The van der Waals surface area contributed by atoms with E-state index in [0.29, 0.717) is 29.8 Å². The normalized spacial score (nSPS) is 11.2. The summed E-state index contributed by atoms with van der Waals surface area (Å²) in [5, 5.41) is 7.41. The molecule has 0 aromatic carbocycles. The number of nitrogens with one attached hydrogen (secondary N) is 1. The average Bonchev–Trinajstić information content (AvgIpc) is 2.91. The van der Waals surface area contributed by atoms with Crippen molar-refractivity contribution in [3.05, 3.63) is 35.5 Å². The van der Waals surface area contributed by atoms with Crippen LogP contribution in [0.4, 0.5) is 14.5 Å². The van der Waals surface area contributed by atoms with Gasteiger partial charge in [-0.05, 0) is 19.1 Å². The molecular weight excluding hydrogens is 272 g/mol. The quantitative estimate of drug-likeness (QED) is 0.884. The summed E-state index contributed by atoms with van der Waals surface area (Å²) in [6, 6.07) is 3.52. The van der Waals surface area contributed by atoms with Crippen molar-refractivity contribution < 1.29 is 13.2 Å². The summed E-state index contributed by atoms with van der Waals surface area (Å²) in [6.45, 7) is 2.42. The van der Waals surface area contributed by atoms with Gasteiger partial charge in [0, 0.05) is 13.2 Å². The second-order valence-electron chi connectivity index (χ2n) is 4.10. The summed E-state index contributed by atoms with van der Waals surface area (Å²) in [4.78, 5) is 0. The van der Waals surface area contributed by atoms with Crippen molar-refractivity contribution in [1.29, 1.82) is 0 Å². The number of nitrogens with zero attached hydrogens (tertiary/aromatic N) is 2. The van der Waals surface area contributed by atoms with Gasteiger partial charge >= 0.3 is 0 Å². The molecular formula is C12H15F2N3OS. The summed E-state index contributed by atoms with van der Waals surface area (Å²) in [5.41, 5.74) is 1.84. The van der Waals surface area contributed by atoms with Crippen molar-refractivity contribution in [3.63, 3.8) is 0 Å². The van der Waals surface area contributed by atoms with Crippen LogP contribution in [0.3, 0.4) is 0 Å². The van der Waals surface area contributed by atoms with Gasteiger partial charge in [0.05, 0.1) is 23.7 Å². The Hall–Kier alpha value is -1.50. The number of rotatable bonds is 6. The molecule has 0 unspecified atom stereocenters. The van der Waals surface area contributed by atoms with Gasteiger partial charge < -0.3 is 9.73 Å². The van der Waals surface area contributed by atoms with Crippen molar-refractivity contribution >= 4 is 17.4 Å². The van der Waals surface area contributed by atoms with E-state index < -0.39 is 5.76 Å². The first-order chi connectivity index (χ1) is 9.04. The highest BCUT2D eigenvalue weighted by atomic mass is 32.2. The molecule has 0 bridgehead atoms. The lowest BCUT2D eigenvalue weighted by Crippen LogP contribution is -1.98. The molecule has 19 heavy (non-hydrogen) atoms. The number of hydrogen-bond donors (Lipinski definition) is 1. The van der Waals surface area contributed by atoms with Gasteiger partial charge in [-0.25, -0.2) is 0 Å². The van der Waals surface area contributed by atoms with E-state index in [4.69, 9.17) is 4.42 Å². The molecule has 2 aromatic heterocycles. The van der Waals surface area contributed by atoms with Crippen LogP contribution in [0.5, 0.6) is 0 Å². The number of furan rings is 1. The molecule has 0 aliphatic rings. The molecule has 0 fully saturated rings. The van der Waals surface area contributed by atoms with Crippen molar-refractivity contribution in [1.82, 2.24) is 9.78 Å². The Morgan fingerprint density at radius 2 is 2.16 bits per heavy atom. The van der Waals surface area contributed by atoms with E-state index in [1.165, 1.54) is 0 Å². The Kier molecular flexibility index (Phi) is 4.47. The zero-order chi connectivity index (χ0) is 13.8. The third kappa shape index (κ3) is 3.99. The Labute approximate surface area is 114 Å². The molecule has 4 nitrogen and oxygen atoms in total. The largest absolute Gasteiger partial charge is 0.463 e. The summed E-state index contributed by atoms with van der Waals surface area (Å²) in [7, 11) is 1.85. The van der Waals surface area contributed by atoms with Gasteiger partial charge in [0.1, 0.15) is 11.5 Å². The van der Waals surface area contributed by atoms with Gasteiger partial charge in [0.2, 0.25) is 0 Å². The first-order valence-electron chi connectivity index (χ1n) is 5.76. The minimum atomic E-state index is -2.37. The Bertz CT molecular complexity index is 539. The molecule has 0 atom stereocenters. The highest BCUT2D eigenvalue weighted by molar-refractivity contribution is 7.98. The number of aromatic nitrogens is 2. The molecule has 2 rings (SSSR count). The second-order valence-corrected chi connectivity index (χ2v) is 5.07. The number of anilines is 1. The van der Waals surface area contributed by atoms with Gasteiger partial charge in [-0.1, -0.05) is 11.8 Å². The number of alkyl halides is 2. The van der Waals surface area contributed by atoms with Crippen LogP contribution in [0.15, 0.2) is 22.7 Å². The molecule has 0 saturated carbocycles. The van der Waals surface area contributed by atoms with Crippen molar-refractivity contribution in [2.24, 2.45) is 7.05 Å². The highest BCUT2D eigenvalue weighted by Crippen LogP contribution is 2.21. The zero-order valence-corrected chi connectivity index (χ0v) is 11.5. The monoisotopic (exact) mass is 287 g/mol. The number of aryl methyl sites for hydroxylation is 2. The van der Waals surface area contributed by atoms with E-state index in [2.05, 4.69) is 10.4 Å². The van der Waals surface area contributed by atoms with Gasteiger partial charge in [-0.2, -0.15) is 13.9 Å². The number of thioether (sulfide) groups is 1. The average molecular weight is 287 g/mol. The summed E-state index contributed by atoms with van der Waals surface area (Å²) < 4.78 is 31.3. The Balaban J connectivity index is 1.88. The fourth-order valence-electron chi connectivity index (χ4n) is 1.70. The highest BCUT2D eigenvalue weighted by Gasteiger charge is 2.08. The lowest BCUT2D eigenvalue weighted by atomic mass is 10.3. The SMILES string of the molecule is Cc1nn(C)cc1NCc1ccc(CSC(F)F)o1. The Morgan fingerprint density at radius 1 is 1.42 bits per heavy atom. The maximum atomic E-state index is 12.0. The number of halogens is 2. The summed E-state index contributed by atoms with van der Waals surface area (Å²) in [5.74, 6) is -0.910. The fraction of sp³-hybridized carbons (Fsp3) is 0.417. The molecule has 7 heteroatoms. The molecule has 0 aliphatic carbocycles. The zero-order valence-electron chi connectivity index (χ0n) is 10.7. The van der Waals surface area contributed by atoms with E-state index in [1.54, 1.807) is 16.8 Å². The van der Waals surface area contributed by atoms with E-state index >= 15 is 0 Å². The maximum Gasteiger partial charge on any atom is 0.284 e. The minimum Gasteiger partial charge on any atom is -0.463 e.